The second-order valence-electron chi connectivity index (χ2n) is 6.94. The summed E-state index contributed by atoms with van der Waals surface area (Å²) in [4.78, 5) is 23.3. The Hall–Kier alpha value is -1.95. The van der Waals surface area contributed by atoms with E-state index in [2.05, 4.69) is 19.4 Å². The maximum absolute atomic E-state index is 12.3. The second kappa shape index (κ2) is 7.30. The van der Waals surface area contributed by atoms with Crippen molar-refractivity contribution >= 4 is 0 Å². The van der Waals surface area contributed by atoms with Gasteiger partial charge in [-0.3, -0.25) is 9.36 Å². The summed E-state index contributed by atoms with van der Waals surface area (Å²) in [6.07, 6.45) is 8.85. The molecule has 1 aliphatic heterocycles. The summed E-state index contributed by atoms with van der Waals surface area (Å²) >= 11 is 0. The third kappa shape index (κ3) is 3.75. The number of piperidine rings is 1. The van der Waals surface area contributed by atoms with E-state index in [1.54, 1.807) is 10.9 Å². The zero-order valence-corrected chi connectivity index (χ0v) is 14.9. The van der Waals surface area contributed by atoms with Gasteiger partial charge in [-0.25, -0.2) is 9.97 Å². The Morgan fingerprint density at radius 3 is 2.62 bits per heavy atom. The lowest BCUT2D eigenvalue weighted by atomic mass is 9.96. The fraction of sp³-hybridized carbons (Fsp3) is 0.611. The van der Waals surface area contributed by atoms with Crippen LogP contribution >= 0.6 is 0 Å². The van der Waals surface area contributed by atoms with Crippen LogP contribution in [-0.4, -0.2) is 43.6 Å². The van der Waals surface area contributed by atoms with Crippen LogP contribution in [0.25, 0.3) is 0 Å². The van der Waals surface area contributed by atoms with Gasteiger partial charge in [0.25, 0.3) is 5.56 Å². The first-order chi connectivity index (χ1) is 11.5. The normalized spacial score (nSPS) is 16.6. The molecule has 130 valence electrons. The lowest BCUT2D eigenvalue weighted by Gasteiger charge is -2.32. The van der Waals surface area contributed by atoms with Gasteiger partial charge in [-0.05, 0) is 45.7 Å². The van der Waals surface area contributed by atoms with E-state index in [9.17, 15) is 4.79 Å². The highest BCUT2D eigenvalue weighted by molar-refractivity contribution is 5.12. The monoisotopic (exact) mass is 329 g/mol. The van der Waals surface area contributed by atoms with E-state index in [4.69, 9.17) is 0 Å². The number of hydrogen-bond acceptors (Lipinski definition) is 4. The maximum atomic E-state index is 12.3. The quantitative estimate of drug-likeness (QED) is 0.835. The predicted molar refractivity (Wildman–Crippen MR) is 94.0 cm³/mol. The van der Waals surface area contributed by atoms with Crippen molar-refractivity contribution < 1.29 is 0 Å². The lowest BCUT2D eigenvalue weighted by Crippen LogP contribution is -2.37. The standard InChI is InChI=1S/C18H27N5O/c1-14-15(2)20-13-23(18(14)24)11-16-4-7-22(8-5-16)9-6-17-10-19-12-21(17)3/h10,12-13,16H,4-9,11H2,1-3H3. The molecule has 0 bridgehead atoms. The molecule has 0 spiro atoms. The van der Waals surface area contributed by atoms with E-state index in [1.807, 2.05) is 33.4 Å². The third-order valence-corrected chi connectivity index (χ3v) is 5.28. The third-order valence-electron chi connectivity index (χ3n) is 5.28. The van der Waals surface area contributed by atoms with Crippen molar-refractivity contribution in [2.45, 2.75) is 39.7 Å². The van der Waals surface area contributed by atoms with Crippen LogP contribution in [0.4, 0.5) is 0 Å². The number of aryl methyl sites for hydroxylation is 2. The Morgan fingerprint density at radius 1 is 1.21 bits per heavy atom. The Labute approximate surface area is 143 Å². The molecule has 2 aromatic heterocycles. The van der Waals surface area contributed by atoms with Crippen LogP contribution in [0.5, 0.6) is 0 Å². The van der Waals surface area contributed by atoms with Gasteiger partial charge in [0, 0.05) is 49.7 Å². The molecule has 3 rings (SSSR count). The fourth-order valence-electron chi connectivity index (χ4n) is 3.37. The van der Waals surface area contributed by atoms with Crippen LogP contribution in [0.2, 0.25) is 0 Å². The topological polar surface area (TPSA) is 56.0 Å². The van der Waals surface area contributed by atoms with Crippen molar-refractivity contribution in [3.05, 3.63) is 46.2 Å². The van der Waals surface area contributed by atoms with Crippen LogP contribution in [0, 0.1) is 19.8 Å². The molecule has 1 aliphatic rings. The first-order valence-corrected chi connectivity index (χ1v) is 8.75. The molecular weight excluding hydrogens is 302 g/mol. The number of rotatable bonds is 5. The Balaban J connectivity index is 1.50. The summed E-state index contributed by atoms with van der Waals surface area (Å²) in [5, 5.41) is 0. The van der Waals surface area contributed by atoms with Crippen molar-refractivity contribution in [1.29, 1.82) is 0 Å². The summed E-state index contributed by atoms with van der Waals surface area (Å²) in [7, 11) is 2.05. The van der Waals surface area contributed by atoms with Crippen LogP contribution in [0.1, 0.15) is 29.8 Å². The molecule has 0 atom stereocenters. The maximum Gasteiger partial charge on any atom is 0.256 e. The first kappa shape index (κ1) is 16.9. The molecule has 0 aromatic carbocycles. The molecular formula is C18H27N5O. The predicted octanol–water partition coefficient (Wildman–Crippen LogP) is 1.55. The average Bonchev–Trinajstić information content (AvgIpc) is 3.00. The van der Waals surface area contributed by atoms with Crippen LogP contribution < -0.4 is 5.56 Å². The summed E-state index contributed by atoms with van der Waals surface area (Å²) < 4.78 is 3.88. The molecule has 6 nitrogen and oxygen atoms in total. The van der Waals surface area contributed by atoms with Gasteiger partial charge in [0.1, 0.15) is 0 Å². The molecule has 0 N–H and O–H groups in total. The number of hydrogen-bond donors (Lipinski definition) is 0. The minimum absolute atomic E-state index is 0.112. The van der Waals surface area contributed by atoms with Gasteiger partial charge in [-0.2, -0.15) is 0 Å². The SMILES string of the molecule is Cc1ncn(CC2CCN(CCc3cncn3C)CC2)c(=O)c1C. The fourth-order valence-corrected chi connectivity index (χ4v) is 3.37. The van der Waals surface area contributed by atoms with Crippen LogP contribution in [-0.2, 0) is 20.0 Å². The molecule has 6 heteroatoms. The molecule has 3 heterocycles. The molecule has 1 saturated heterocycles. The minimum atomic E-state index is 0.112. The molecule has 0 radical (unpaired) electrons. The van der Waals surface area contributed by atoms with Crippen molar-refractivity contribution in [3.8, 4) is 0 Å². The van der Waals surface area contributed by atoms with E-state index in [0.717, 1.165) is 56.7 Å². The number of imidazole rings is 1. The molecule has 0 aliphatic carbocycles. The van der Waals surface area contributed by atoms with Gasteiger partial charge in [0.05, 0.1) is 12.7 Å². The van der Waals surface area contributed by atoms with Crippen molar-refractivity contribution in [1.82, 2.24) is 24.0 Å². The molecule has 0 amide bonds. The van der Waals surface area contributed by atoms with E-state index in [-0.39, 0.29) is 5.56 Å². The number of likely N-dealkylation sites (tertiary alicyclic amines) is 1. The Kier molecular flexibility index (Phi) is 5.14. The summed E-state index contributed by atoms with van der Waals surface area (Å²) in [5.74, 6) is 0.569. The van der Waals surface area contributed by atoms with E-state index in [0.29, 0.717) is 5.92 Å². The second-order valence-corrected chi connectivity index (χ2v) is 6.94. The summed E-state index contributed by atoms with van der Waals surface area (Å²) in [5.41, 5.74) is 3.00. The molecule has 0 saturated carbocycles. The lowest BCUT2D eigenvalue weighted by molar-refractivity contribution is 0.173. The van der Waals surface area contributed by atoms with Crippen LogP contribution in [0.15, 0.2) is 23.6 Å². The number of nitrogens with zero attached hydrogens (tertiary/aromatic N) is 5. The first-order valence-electron chi connectivity index (χ1n) is 8.75. The van der Waals surface area contributed by atoms with Crippen molar-refractivity contribution in [3.63, 3.8) is 0 Å². The zero-order chi connectivity index (χ0) is 17.1. The zero-order valence-electron chi connectivity index (χ0n) is 14.9. The van der Waals surface area contributed by atoms with E-state index in [1.165, 1.54) is 5.69 Å². The van der Waals surface area contributed by atoms with Gasteiger partial charge >= 0.3 is 0 Å². The number of aromatic nitrogens is 4. The van der Waals surface area contributed by atoms with Gasteiger partial charge < -0.3 is 9.47 Å². The Bertz CT molecular complexity index is 740. The van der Waals surface area contributed by atoms with Gasteiger partial charge in [0.15, 0.2) is 0 Å². The molecule has 2 aromatic rings. The van der Waals surface area contributed by atoms with E-state index >= 15 is 0 Å². The highest BCUT2D eigenvalue weighted by Gasteiger charge is 2.20. The summed E-state index contributed by atoms with van der Waals surface area (Å²) in [6, 6.07) is 0. The Morgan fingerprint density at radius 2 is 1.96 bits per heavy atom. The van der Waals surface area contributed by atoms with Crippen LogP contribution in [0.3, 0.4) is 0 Å². The summed E-state index contributed by atoms with van der Waals surface area (Å²) in [6.45, 7) is 7.84. The molecule has 24 heavy (non-hydrogen) atoms. The van der Waals surface area contributed by atoms with Gasteiger partial charge in [-0.15, -0.1) is 0 Å². The van der Waals surface area contributed by atoms with Gasteiger partial charge in [-0.1, -0.05) is 0 Å². The highest BCUT2D eigenvalue weighted by atomic mass is 16.1. The molecule has 0 unspecified atom stereocenters. The van der Waals surface area contributed by atoms with Crippen molar-refractivity contribution in [2.24, 2.45) is 13.0 Å². The van der Waals surface area contributed by atoms with Crippen molar-refractivity contribution in [2.75, 3.05) is 19.6 Å². The highest BCUT2D eigenvalue weighted by Crippen LogP contribution is 2.19. The molecule has 1 fully saturated rings. The van der Waals surface area contributed by atoms with E-state index < -0.39 is 0 Å². The van der Waals surface area contributed by atoms with Gasteiger partial charge in [0.2, 0.25) is 0 Å². The largest absolute Gasteiger partial charge is 0.338 e. The smallest absolute Gasteiger partial charge is 0.256 e. The minimum Gasteiger partial charge on any atom is -0.338 e. The average molecular weight is 329 g/mol.